The normalized spacial score (nSPS) is 23.9. The van der Waals surface area contributed by atoms with E-state index in [1.54, 1.807) is 0 Å². The topological polar surface area (TPSA) is 20.3 Å². The number of hydrogen-bond acceptors (Lipinski definition) is 1. The van der Waals surface area contributed by atoms with Crippen LogP contribution in [0.25, 0.3) is 0 Å². The van der Waals surface area contributed by atoms with Crippen LogP contribution in [-0.2, 0) is 4.79 Å². The number of β-lactam (4-membered cyclic amide) rings is 1. The van der Waals surface area contributed by atoms with Crippen molar-refractivity contribution < 1.29 is 4.79 Å². The van der Waals surface area contributed by atoms with Crippen LogP contribution in [0.2, 0.25) is 43.8 Å². The summed E-state index contributed by atoms with van der Waals surface area (Å²) in [7, 11) is -3.34. The number of benzene rings is 1. The Morgan fingerprint density at radius 2 is 1.48 bits per heavy atom. The monoisotopic (exact) mass is 347 g/mol. The first-order valence-corrected chi connectivity index (χ1v) is 15.5. The van der Waals surface area contributed by atoms with Gasteiger partial charge in [0.15, 0.2) is 8.24 Å². The van der Waals surface area contributed by atoms with Crippen molar-refractivity contribution in [2.24, 2.45) is 5.92 Å². The Kier molecular flexibility index (Phi) is 4.98. The average Bonchev–Trinajstić information content (AvgIpc) is 2.42. The molecule has 2 rings (SSSR count). The lowest BCUT2D eigenvalue weighted by Crippen LogP contribution is -2.69. The van der Waals surface area contributed by atoms with Gasteiger partial charge in [-0.05, 0) is 17.0 Å². The van der Waals surface area contributed by atoms with Crippen LogP contribution in [0, 0.1) is 5.92 Å². The number of amides is 1. The lowest BCUT2D eigenvalue weighted by molar-refractivity contribution is -0.139. The number of rotatable bonds is 5. The SMILES string of the molecule is CC(C)C(C)[Si](C)(C)N1C(=O)C([Si](C)(C)C)C1c1ccccc1. The molecule has 1 saturated heterocycles. The Balaban J connectivity index is 2.45. The highest BCUT2D eigenvalue weighted by atomic mass is 28.3. The van der Waals surface area contributed by atoms with E-state index in [9.17, 15) is 4.79 Å². The van der Waals surface area contributed by atoms with Crippen molar-refractivity contribution in [3.63, 3.8) is 0 Å². The third-order valence-corrected chi connectivity index (χ3v) is 13.0. The summed E-state index contributed by atoms with van der Waals surface area (Å²) >= 11 is 0. The van der Waals surface area contributed by atoms with Crippen LogP contribution in [0.4, 0.5) is 0 Å². The van der Waals surface area contributed by atoms with Crippen LogP contribution >= 0.6 is 0 Å². The minimum atomic E-state index is -1.81. The van der Waals surface area contributed by atoms with Gasteiger partial charge in [-0.1, -0.05) is 83.8 Å². The Morgan fingerprint density at radius 1 is 0.957 bits per heavy atom. The third-order valence-electron chi connectivity index (χ3n) is 5.91. The van der Waals surface area contributed by atoms with E-state index >= 15 is 0 Å². The molecule has 0 aromatic heterocycles. The van der Waals surface area contributed by atoms with E-state index in [1.165, 1.54) is 5.56 Å². The molecular weight excluding hydrogens is 314 g/mol. The summed E-state index contributed by atoms with van der Waals surface area (Å²) in [5.41, 5.74) is 2.16. The van der Waals surface area contributed by atoms with E-state index in [-0.39, 0.29) is 5.54 Å². The molecule has 0 radical (unpaired) electrons. The zero-order chi connectivity index (χ0) is 17.6. The highest BCUT2D eigenvalue weighted by Gasteiger charge is 2.59. The zero-order valence-corrected chi connectivity index (χ0v) is 18.1. The van der Waals surface area contributed by atoms with Gasteiger partial charge in [0.25, 0.3) is 0 Å². The van der Waals surface area contributed by atoms with Crippen molar-refractivity contribution in [2.45, 2.75) is 70.6 Å². The van der Waals surface area contributed by atoms with Crippen molar-refractivity contribution in [1.82, 2.24) is 4.57 Å². The van der Waals surface area contributed by atoms with Crippen molar-refractivity contribution in [3.05, 3.63) is 35.9 Å². The summed E-state index contributed by atoms with van der Waals surface area (Å²) in [4.78, 5) is 13.2. The minimum absolute atomic E-state index is 0.232. The summed E-state index contributed by atoms with van der Waals surface area (Å²) in [5, 5.41) is 0. The largest absolute Gasteiger partial charge is 0.362 e. The van der Waals surface area contributed by atoms with E-state index in [0.29, 0.717) is 23.4 Å². The maximum Gasteiger partial charge on any atom is 0.217 e. The van der Waals surface area contributed by atoms with Crippen molar-refractivity contribution >= 4 is 22.2 Å². The molecule has 1 amide bonds. The predicted octanol–water partition coefficient (Wildman–Crippen LogP) is 5.53. The molecule has 1 aromatic rings. The van der Waals surface area contributed by atoms with Crippen LogP contribution in [-0.4, -0.2) is 26.8 Å². The second-order valence-corrected chi connectivity index (χ2v) is 19.1. The van der Waals surface area contributed by atoms with Gasteiger partial charge in [0, 0.05) is 0 Å². The Hall–Kier alpha value is -0.876. The molecule has 3 atom stereocenters. The number of hydrogen-bond donors (Lipinski definition) is 0. The van der Waals surface area contributed by atoms with Crippen molar-refractivity contribution in [3.8, 4) is 0 Å². The van der Waals surface area contributed by atoms with Gasteiger partial charge in [0.05, 0.1) is 19.7 Å². The van der Waals surface area contributed by atoms with Gasteiger partial charge in [-0.3, -0.25) is 4.79 Å². The standard InChI is InChI=1S/C19H33NOSi2/c1-14(2)15(3)23(7,8)20-17(16-12-10-9-11-13-16)18(19(20)21)22(4,5)6/h9-15,17-18H,1-8H3. The molecule has 0 N–H and O–H groups in total. The van der Waals surface area contributed by atoms with Crippen molar-refractivity contribution in [2.75, 3.05) is 0 Å². The van der Waals surface area contributed by atoms with Gasteiger partial charge in [-0.25, -0.2) is 0 Å². The van der Waals surface area contributed by atoms with Gasteiger partial charge < -0.3 is 4.57 Å². The van der Waals surface area contributed by atoms with Gasteiger partial charge in [-0.15, -0.1) is 0 Å². The molecule has 2 nitrogen and oxygen atoms in total. The van der Waals surface area contributed by atoms with Gasteiger partial charge in [0.1, 0.15) is 0 Å². The molecule has 1 aromatic carbocycles. The van der Waals surface area contributed by atoms with Crippen LogP contribution in [0.15, 0.2) is 30.3 Å². The van der Waals surface area contributed by atoms with E-state index < -0.39 is 16.3 Å². The molecule has 1 fully saturated rings. The fourth-order valence-electron chi connectivity index (χ4n) is 4.00. The molecule has 0 aliphatic carbocycles. The molecule has 128 valence electrons. The maximum absolute atomic E-state index is 13.2. The Bertz CT molecular complexity index is 562. The van der Waals surface area contributed by atoms with Crippen LogP contribution in [0.1, 0.15) is 32.4 Å². The molecule has 1 heterocycles. The first-order chi connectivity index (χ1) is 10.5. The molecule has 3 unspecified atom stereocenters. The minimum Gasteiger partial charge on any atom is -0.362 e. The lowest BCUT2D eigenvalue weighted by Gasteiger charge is -2.60. The molecule has 0 saturated carbocycles. The van der Waals surface area contributed by atoms with E-state index in [0.717, 1.165) is 0 Å². The summed E-state index contributed by atoms with van der Waals surface area (Å²) in [5.74, 6) is 1.05. The number of carbonyl (C=O) groups is 1. The van der Waals surface area contributed by atoms with Crippen LogP contribution in [0.5, 0.6) is 0 Å². The first-order valence-electron chi connectivity index (χ1n) is 8.87. The Morgan fingerprint density at radius 3 is 1.91 bits per heavy atom. The third kappa shape index (κ3) is 3.20. The molecule has 0 bridgehead atoms. The fraction of sp³-hybridized carbons (Fsp3) is 0.632. The highest BCUT2D eigenvalue weighted by molar-refractivity contribution is 6.85. The first kappa shape index (κ1) is 18.5. The lowest BCUT2D eigenvalue weighted by atomic mass is 9.96. The van der Waals surface area contributed by atoms with E-state index in [2.05, 4.69) is 88.4 Å². The van der Waals surface area contributed by atoms with E-state index in [1.807, 2.05) is 0 Å². The second kappa shape index (κ2) is 6.21. The smallest absolute Gasteiger partial charge is 0.217 e. The molecule has 4 heteroatoms. The fourth-order valence-corrected chi connectivity index (χ4v) is 10.2. The van der Waals surface area contributed by atoms with Gasteiger partial charge in [-0.2, -0.15) is 0 Å². The summed E-state index contributed by atoms with van der Waals surface area (Å²) in [6, 6.07) is 11.0. The summed E-state index contributed by atoms with van der Waals surface area (Å²) in [6.07, 6.45) is 0. The van der Waals surface area contributed by atoms with Crippen LogP contribution in [0.3, 0.4) is 0 Å². The molecular formula is C19H33NOSi2. The number of carbonyl (C=O) groups excluding carboxylic acids is 1. The van der Waals surface area contributed by atoms with Gasteiger partial charge >= 0.3 is 0 Å². The van der Waals surface area contributed by atoms with E-state index in [4.69, 9.17) is 0 Å². The van der Waals surface area contributed by atoms with Gasteiger partial charge in [0.2, 0.25) is 5.91 Å². The zero-order valence-electron chi connectivity index (χ0n) is 16.1. The molecule has 1 aliphatic heterocycles. The average molecular weight is 348 g/mol. The summed E-state index contributed by atoms with van der Waals surface area (Å²) < 4.78 is 2.33. The van der Waals surface area contributed by atoms with Crippen LogP contribution < -0.4 is 0 Å². The predicted molar refractivity (Wildman–Crippen MR) is 105 cm³/mol. The molecule has 0 spiro atoms. The summed E-state index contributed by atoms with van der Waals surface area (Å²) in [6.45, 7) is 18.7. The second-order valence-electron chi connectivity index (χ2n) is 9.09. The maximum atomic E-state index is 13.2. The molecule has 23 heavy (non-hydrogen) atoms. The molecule has 1 aliphatic rings. The quantitative estimate of drug-likeness (QED) is 0.506. The highest BCUT2D eigenvalue weighted by Crippen LogP contribution is 2.54. The van der Waals surface area contributed by atoms with Crippen molar-refractivity contribution in [1.29, 1.82) is 0 Å². The Labute approximate surface area is 144 Å². The number of nitrogens with zero attached hydrogens (tertiary/aromatic N) is 1.